The molecule has 4 saturated heterocycles. The van der Waals surface area contributed by atoms with Crippen molar-refractivity contribution in [1.82, 2.24) is 0 Å². The van der Waals surface area contributed by atoms with Gasteiger partial charge in [0.25, 0.3) is 16.6 Å². The number of fused-ring (bicyclic) bond motifs is 1. The molecule has 0 saturated carbocycles. The topological polar surface area (TPSA) is 84.8 Å². The molecule has 0 unspecified atom stereocenters. The third kappa shape index (κ3) is 12.2. The molecule has 0 radical (unpaired) electrons. The highest BCUT2D eigenvalue weighted by Crippen LogP contribution is 2.47. The van der Waals surface area contributed by atoms with Crippen molar-refractivity contribution in [3.63, 3.8) is 0 Å². The van der Waals surface area contributed by atoms with Crippen LogP contribution in [0.2, 0.25) is 28.2 Å². The van der Waals surface area contributed by atoms with Crippen LogP contribution < -0.4 is 20.7 Å². The van der Waals surface area contributed by atoms with E-state index in [-0.39, 0.29) is 83.6 Å². The van der Waals surface area contributed by atoms with Gasteiger partial charge in [-0.2, -0.15) is 0 Å². The quantitative estimate of drug-likeness (QED) is 0.0653. The number of rotatable bonds is 21. The highest BCUT2D eigenvalue weighted by molar-refractivity contribution is 7.00. The Bertz CT molecular complexity index is 2370. The van der Waals surface area contributed by atoms with Crippen LogP contribution in [-0.2, 0) is 32.2 Å². The van der Waals surface area contributed by atoms with Crippen LogP contribution in [0.1, 0.15) is 121 Å². The summed E-state index contributed by atoms with van der Waals surface area (Å²) < 4.78 is 52.3. The summed E-state index contributed by atoms with van der Waals surface area (Å²) in [5.74, 6) is 0.323. The molecule has 4 heterocycles. The second-order valence-corrected chi connectivity index (χ2v) is 38.2. The Morgan fingerprint density at radius 2 is 1.08 bits per heavy atom. The molecule has 11 heteroatoms. The third-order valence-electron chi connectivity index (χ3n) is 18.3. The van der Waals surface area contributed by atoms with Gasteiger partial charge >= 0.3 is 0 Å². The fourth-order valence-electron chi connectivity index (χ4n) is 13.7. The van der Waals surface area contributed by atoms with E-state index in [2.05, 4.69) is 204 Å². The van der Waals surface area contributed by atoms with Crippen molar-refractivity contribution in [2.75, 3.05) is 13.2 Å². The van der Waals surface area contributed by atoms with Crippen molar-refractivity contribution < 1.29 is 37.3 Å². The van der Waals surface area contributed by atoms with Crippen molar-refractivity contribution in [2.24, 2.45) is 11.8 Å². The highest BCUT2D eigenvalue weighted by atomic mass is 28.4. The third-order valence-corrected chi connectivity index (χ3v) is 33.0. The lowest BCUT2D eigenvalue weighted by Crippen LogP contribution is -2.70. The van der Waals surface area contributed by atoms with E-state index in [1.54, 1.807) is 0 Å². The molecule has 4 fully saturated rings. The molecule has 0 spiro atoms. The summed E-state index contributed by atoms with van der Waals surface area (Å²) in [4.78, 5) is 0. The maximum atomic E-state index is 9.83. The summed E-state index contributed by atoms with van der Waals surface area (Å²) in [6.45, 7) is 35.3. The first-order valence-corrected chi connectivity index (χ1v) is 35.5. The first-order valence-electron chi connectivity index (χ1n) is 29.1. The van der Waals surface area contributed by atoms with E-state index >= 15 is 0 Å². The second-order valence-electron chi connectivity index (χ2n) is 25.0. The van der Waals surface area contributed by atoms with Crippen LogP contribution in [0.3, 0.4) is 0 Å². The Hall–Kier alpha value is -3.31. The van der Waals surface area contributed by atoms with Crippen LogP contribution >= 0.6 is 0 Å². The van der Waals surface area contributed by atoms with Crippen molar-refractivity contribution >= 4 is 45.7 Å². The van der Waals surface area contributed by atoms with Gasteiger partial charge in [-0.15, -0.1) is 0 Å². The summed E-state index contributed by atoms with van der Waals surface area (Å²) in [7, 11) is -8.10. The fraction of sp³-hybridized carbons (Fsp3) is 0.569. The normalized spacial score (nSPS) is 28.8. The molecule has 4 aromatic carbocycles. The molecular weight excluding hydrogens is 993 g/mol. The smallest absolute Gasteiger partial charge is 0.261 e. The Balaban J connectivity index is 1.16. The molecular formula is C65H94O8Si3. The van der Waals surface area contributed by atoms with Gasteiger partial charge < -0.3 is 37.3 Å². The SMILES string of the molecule is C=C1C[C@H](CO)O[C@H]1CC[C@H]1C[C@@H](C)C(=C)[C@@H](C[C@@H]2O[C@H]3C[C@@H](O[Si](c4ccccc4)(c4ccccc4)C(C)(C)C)[C@@H](CCO[Si](c4ccccc4)(c4ccccc4)C(C)(C)C)O[C@H]3[C@H](C)[C@H]2O[Si](CC)(CC)CC)O1. The Morgan fingerprint density at radius 1 is 0.579 bits per heavy atom. The van der Waals surface area contributed by atoms with E-state index in [0.717, 1.165) is 48.5 Å². The molecule has 8 rings (SSSR count). The number of aliphatic hydroxyl groups is 1. The standard InChI is InChI=1S/C65H94O8Si3/c1-14-74(15-2,16-3)73-63-49(7)62-60(70-61(63)43-58-48(6)46(4)41-50(68-58)37-38-56-47(5)42-51(45-66)69-56)44-59(72-76(65(11,12)13,54-33-25-19-26-34-54)55-35-27-20-28-36-55)57(71-62)39-40-67-75(64(8,9)10,52-29-21-17-22-30-52)53-31-23-18-24-32-53/h17-36,46,49-51,56-63,66H,5-6,14-16,37-45H2,1-4,7-13H3/t46-,49+,50+,51-,56+,57-,58-,59-,60+,61+,62+,63-/m1/s1. The maximum absolute atomic E-state index is 9.83. The molecule has 0 aliphatic carbocycles. The van der Waals surface area contributed by atoms with Crippen LogP contribution in [0.15, 0.2) is 146 Å². The average molecular weight is 1090 g/mol. The van der Waals surface area contributed by atoms with Gasteiger partial charge in [-0.05, 0) is 98.1 Å². The van der Waals surface area contributed by atoms with Crippen LogP contribution in [0, 0.1) is 11.8 Å². The summed E-state index contributed by atoms with van der Waals surface area (Å²) >= 11 is 0. The van der Waals surface area contributed by atoms with Gasteiger partial charge in [0.2, 0.25) is 0 Å². The summed E-state index contributed by atoms with van der Waals surface area (Å²) in [6.07, 6.45) is 3.47. The zero-order valence-corrected chi connectivity index (χ0v) is 51.2. The first-order chi connectivity index (χ1) is 36.3. The van der Waals surface area contributed by atoms with Gasteiger partial charge in [-0.3, -0.25) is 0 Å². The Kier molecular flexibility index (Phi) is 19.4. The van der Waals surface area contributed by atoms with Crippen LogP contribution in [0.4, 0.5) is 0 Å². The first kappa shape index (κ1) is 58.8. The van der Waals surface area contributed by atoms with Gasteiger partial charge in [0.15, 0.2) is 8.32 Å². The van der Waals surface area contributed by atoms with Crippen molar-refractivity contribution in [1.29, 1.82) is 0 Å². The number of aliphatic hydroxyl groups excluding tert-OH is 1. The number of benzene rings is 4. The number of hydrogen-bond acceptors (Lipinski definition) is 8. The lowest BCUT2D eigenvalue weighted by atomic mass is 9.79. The second kappa shape index (κ2) is 25.0. The molecule has 76 heavy (non-hydrogen) atoms. The van der Waals surface area contributed by atoms with Gasteiger partial charge in [-0.1, -0.05) is 211 Å². The van der Waals surface area contributed by atoms with E-state index in [1.165, 1.54) is 20.7 Å². The van der Waals surface area contributed by atoms with Crippen LogP contribution in [-0.4, -0.2) is 104 Å². The monoisotopic (exact) mass is 1090 g/mol. The van der Waals surface area contributed by atoms with Gasteiger partial charge in [0.05, 0.1) is 67.6 Å². The van der Waals surface area contributed by atoms with E-state index < -0.39 is 25.0 Å². The summed E-state index contributed by atoms with van der Waals surface area (Å²) in [6, 6.07) is 47.1. The predicted octanol–water partition coefficient (Wildman–Crippen LogP) is 12.1. The zero-order valence-electron chi connectivity index (χ0n) is 48.2. The van der Waals surface area contributed by atoms with E-state index in [4.69, 9.17) is 38.8 Å². The average Bonchev–Trinajstić information content (AvgIpc) is 3.82. The van der Waals surface area contributed by atoms with Crippen LogP contribution in [0.25, 0.3) is 0 Å². The molecule has 8 nitrogen and oxygen atoms in total. The van der Waals surface area contributed by atoms with E-state index in [9.17, 15) is 5.11 Å². The fourth-order valence-corrected chi connectivity index (χ4v) is 26.0. The molecule has 4 aliphatic rings. The summed E-state index contributed by atoms with van der Waals surface area (Å²) in [5, 5.41) is 14.4. The van der Waals surface area contributed by atoms with Crippen LogP contribution in [0.5, 0.6) is 0 Å². The molecule has 0 bridgehead atoms. The maximum Gasteiger partial charge on any atom is 0.261 e. The number of ether oxygens (including phenoxy) is 4. The Morgan fingerprint density at radius 3 is 1.55 bits per heavy atom. The lowest BCUT2D eigenvalue weighted by Gasteiger charge is -2.55. The van der Waals surface area contributed by atoms with Gasteiger partial charge in [0, 0.05) is 25.4 Å². The van der Waals surface area contributed by atoms with Gasteiger partial charge in [-0.25, -0.2) is 0 Å². The highest BCUT2D eigenvalue weighted by Gasteiger charge is 2.58. The molecule has 0 aromatic heterocycles. The van der Waals surface area contributed by atoms with Crippen molar-refractivity contribution in [3.8, 4) is 0 Å². The number of hydrogen-bond donors (Lipinski definition) is 1. The minimum absolute atomic E-state index is 0.0208. The predicted molar refractivity (Wildman–Crippen MR) is 319 cm³/mol. The molecule has 0 amide bonds. The van der Waals surface area contributed by atoms with Gasteiger partial charge in [0.1, 0.15) is 0 Å². The Labute approximate surface area is 461 Å². The molecule has 414 valence electrons. The zero-order chi connectivity index (χ0) is 54.5. The molecule has 12 atom stereocenters. The largest absolute Gasteiger partial charge is 0.411 e. The van der Waals surface area contributed by atoms with Crippen molar-refractivity contribution in [3.05, 3.63) is 146 Å². The molecule has 4 aliphatic heterocycles. The summed E-state index contributed by atoms with van der Waals surface area (Å²) in [5.41, 5.74) is 2.20. The van der Waals surface area contributed by atoms with Crippen molar-refractivity contribution in [2.45, 2.75) is 210 Å². The van der Waals surface area contributed by atoms with E-state index in [0.29, 0.717) is 38.2 Å². The van der Waals surface area contributed by atoms with E-state index in [1.807, 2.05) is 0 Å². The molecule has 4 aromatic rings. The minimum atomic E-state index is -3.07. The molecule has 1 N–H and O–H groups in total. The lowest BCUT2D eigenvalue weighted by molar-refractivity contribution is -0.264. The minimum Gasteiger partial charge on any atom is -0.411 e.